The van der Waals surface area contributed by atoms with Gasteiger partial charge in [-0.25, -0.2) is 14.6 Å². The third kappa shape index (κ3) is 6.04. The molecule has 1 aromatic carbocycles. The van der Waals surface area contributed by atoms with Crippen LogP contribution in [0.1, 0.15) is 87.6 Å². The summed E-state index contributed by atoms with van der Waals surface area (Å²) >= 11 is 0. The van der Waals surface area contributed by atoms with Gasteiger partial charge in [-0.05, 0) is 49.6 Å². The molecule has 1 aliphatic heterocycles. The molecule has 0 radical (unpaired) electrons. The highest BCUT2D eigenvalue weighted by Crippen LogP contribution is 2.27. The number of amides is 3. The smallest absolute Gasteiger partial charge is 0.337 e. The number of imidazole rings is 1. The van der Waals surface area contributed by atoms with Crippen molar-refractivity contribution in [1.29, 1.82) is 0 Å². The third-order valence-electron chi connectivity index (χ3n) is 6.38. The Balaban J connectivity index is 2.05. The van der Waals surface area contributed by atoms with Crippen molar-refractivity contribution < 1.29 is 19.1 Å². The van der Waals surface area contributed by atoms with Crippen molar-refractivity contribution in [2.75, 3.05) is 20.2 Å². The number of hydrogen-bond donors (Lipinski definition) is 0. The van der Waals surface area contributed by atoms with Gasteiger partial charge in [-0.15, -0.1) is 0 Å². The van der Waals surface area contributed by atoms with E-state index in [1.807, 2.05) is 23.6 Å². The first-order valence-corrected chi connectivity index (χ1v) is 13.1. The molecule has 1 saturated heterocycles. The summed E-state index contributed by atoms with van der Waals surface area (Å²) in [5.41, 5.74) is 2.40. The van der Waals surface area contributed by atoms with Crippen LogP contribution < -0.4 is 0 Å². The van der Waals surface area contributed by atoms with Gasteiger partial charge in [-0.1, -0.05) is 46.5 Å². The minimum atomic E-state index is -0.398. The molecule has 0 N–H and O–H groups in total. The Morgan fingerprint density at radius 3 is 2.22 bits per heavy atom. The average Bonchev–Trinajstić information content (AvgIpc) is 3.39. The number of hydrogen-bond acceptors (Lipinski definition) is 5. The van der Waals surface area contributed by atoms with Crippen LogP contribution >= 0.6 is 0 Å². The molecule has 0 atom stereocenters. The number of imide groups is 1. The topological polar surface area (TPSA) is 84.7 Å². The second-order valence-corrected chi connectivity index (χ2v) is 9.06. The fourth-order valence-electron chi connectivity index (χ4n) is 4.30. The molecular weight excluding hydrogens is 456 g/mol. The highest BCUT2D eigenvalue weighted by molar-refractivity contribution is 6.13. The average molecular weight is 495 g/mol. The number of rotatable bonds is 13. The van der Waals surface area contributed by atoms with Crippen molar-refractivity contribution in [2.24, 2.45) is 0 Å². The maximum atomic E-state index is 13.4. The number of carbonyl (C=O) groups is 3. The third-order valence-corrected chi connectivity index (χ3v) is 6.38. The molecule has 1 fully saturated rings. The Labute approximate surface area is 213 Å². The van der Waals surface area contributed by atoms with Crippen LogP contribution in [0.25, 0.3) is 11.8 Å². The van der Waals surface area contributed by atoms with Crippen LogP contribution in [-0.4, -0.2) is 57.5 Å². The Kier molecular flexibility index (Phi) is 9.85. The van der Waals surface area contributed by atoms with Crippen LogP contribution in [0.5, 0.6) is 0 Å². The summed E-state index contributed by atoms with van der Waals surface area (Å²) in [6.07, 6.45) is 10.8. The zero-order valence-corrected chi connectivity index (χ0v) is 22.0. The summed E-state index contributed by atoms with van der Waals surface area (Å²) in [7, 11) is 1.36. The zero-order valence-electron chi connectivity index (χ0n) is 22.0. The van der Waals surface area contributed by atoms with Crippen molar-refractivity contribution in [3.8, 4) is 5.69 Å². The molecule has 3 amide bonds. The normalized spacial score (nSPS) is 14.8. The predicted octanol–water partition coefficient (Wildman–Crippen LogP) is 5.60. The zero-order chi connectivity index (χ0) is 26.1. The van der Waals surface area contributed by atoms with Gasteiger partial charge in [0.25, 0.3) is 5.91 Å². The van der Waals surface area contributed by atoms with Crippen LogP contribution in [0, 0.1) is 0 Å². The highest BCUT2D eigenvalue weighted by Gasteiger charge is 2.40. The van der Waals surface area contributed by atoms with Gasteiger partial charge in [0.15, 0.2) is 0 Å². The molecule has 1 aromatic heterocycles. The lowest BCUT2D eigenvalue weighted by Gasteiger charge is -2.17. The molecule has 0 aliphatic carbocycles. The van der Waals surface area contributed by atoms with Crippen molar-refractivity contribution in [3.63, 3.8) is 0 Å². The van der Waals surface area contributed by atoms with Gasteiger partial charge in [-0.3, -0.25) is 19.2 Å². The molecule has 0 unspecified atom stereocenters. The van der Waals surface area contributed by atoms with E-state index in [0.29, 0.717) is 24.4 Å². The molecule has 3 rings (SSSR count). The van der Waals surface area contributed by atoms with Gasteiger partial charge in [0.05, 0.1) is 24.6 Å². The molecule has 0 saturated carbocycles. The number of aryl methyl sites for hydroxylation is 1. The summed E-state index contributed by atoms with van der Waals surface area (Å²) in [6, 6.07) is 6.89. The number of unbranched alkanes of at least 4 members (excludes halogenated alkanes) is 4. The number of carbonyl (C=O) groups excluding carboxylic acids is 3. The van der Waals surface area contributed by atoms with Crippen LogP contribution in [0.2, 0.25) is 0 Å². The van der Waals surface area contributed by atoms with Crippen LogP contribution in [0.15, 0.2) is 36.2 Å². The minimum Gasteiger partial charge on any atom is -0.465 e. The van der Waals surface area contributed by atoms with Crippen LogP contribution in [0.4, 0.5) is 4.79 Å². The number of esters is 1. The molecule has 1 aliphatic rings. The largest absolute Gasteiger partial charge is 0.465 e. The molecule has 0 spiro atoms. The van der Waals surface area contributed by atoms with Crippen molar-refractivity contribution in [2.45, 2.75) is 72.1 Å². The van der Waals surface area contributed by atoms with Crippen molar-refractivity contribution >= 4 is 24.0 Å². The summed E-state index contributed by atoms with van der Waals surface area (Å²) in [4.78, 5) is 46.1. The van der Waals surface area contributed by atoms with Gasteiger partial charge in [0.1, 0.15) is 11.5 Å². The van der Waals surface area contributed by atoms with Gasteiger partial charge in [0, 0.05) is 25.2 Å². The number of nitrogens with zero attached hydrogens (tertiary/aromatic N) is 4. The van der Waals surface area contributed by atoms with E-state index >= 15 is 0 Å². The van der Waals surface area contributed by atoms with E-state index in [0.717, 1.165) is 68.6 Å². The summed E-state index contributed by atoms with van der Waals surface area (Å²) in [5.74, 6) is 0.214. The molecule has 2 heterocycles. The predicted molar refractivity (Wildman–Crippen MR) is 140 cm³/mol. The lowest BCUT2D eigenvalue weighted by Crippen LogP contribution is -2.34. The number of benzene rings is 1. The van der Waals surface area contributed by atoms with Crippen LogP contribution in [0.3, 0.4) is 0 Å². The number of aromatic nitrogens is 2. The molecule has 8 nitrogen and oxygen atoms in total. The first-order chi connectivity index (χ1) is 17.5. The summed E-state index contributed by atoms with van der Waals surface area (Å²) in [5, 5.41) is 0. The first kappa shape index (κ1) is 27.2. The minimum absolute atomic E-state index is 0.240. The maximum absolute atomic E-state index is 13.4. The van der Waals surface area contributed by atoms with Gasteiger partial charge in [0.2, 0.25) is 0 Å². The van der Waals surface area contributed by atoms with Gasteiger partial charge < -0.3 is 4.74 Å². The summed E-state index contributed by atoms with van der Waals surface area (Å²) < 4.78 is 6.82. The molecule has 194 valence electrons. The Bertz CT molecular complexity index is 1090. The van der Waals surface area contributed by atoms with E-state index in [-0.39, 0.29) is 11.9 Å². The fourth-order valence-corrected chi connectivity index (χ4v) is 4.30. The molecule has 36 heavy (non-hydrogen) atoms. The van der Waals surface area contributed by atoms with E-state index in [2.05, 4.69) is 18.8 Å². The molecule has 0 bridgehead atoms. The first-order valence-electron chi connectivity index (χ1n) is 13.1. The quantitative estimate of drug-likeness (QED) is 0.157. The van der Waals surface area contributed by atoms with E-state index in [1.165, 1.54) is 12.0 Å². The number of urea groups is 1. The monoisotopic (exact) mass is 494 g/mol. The van der Waals surface area contributed by atoms with Crippen LogP contribution in [-0.2, 0) is 16.0 Å². The number of methoxy groups -OCH3 is 1. The second-order valence-electron chi connectivity index (χ2n) is 9.06. The van der Waals surface area contributed by atoms with E-state index < -0.39 is 5.97 Å². The van der Waals surface area contributed by atoms with Gasteiger partial charge >= 0.3 is 12.0 Å². The van der Waals surface area contributed by atoms with E-state index in [9.17, 15) is 14.4 Å². The highest BCUT2D eigenvalue weighted by atomic mass is 16.5. The lowest BCUT2D eigenvalue weighted by atomic mass is 10.2. The summed E-state index contributed by atoms with van der Waals surface area (Å²) in [6.45, 7) is 7.22. The molecule has 8 heteroatoms. The Morgan fingerprint density at radius 2 is 1.58 bits per heavy atom. The fraction of sp³-hybridized carbons (Fsp3) is 0.500. The Hall–Kier alpha value is -3.42. The molecular formula is C28H38N4O4. The Morgan fingerprint density at radius 1 is 0.917 bits per heavy atom. The SMILES string of the molecule is CCCCCN1C(=O)N(CCCC)C(=O)/C1=C/c1cnc(CCCC)n1-c1ccc(C(=O)OC)cc1. The molecule has 2 aromatic rings. The van der Waals surface area contributed by atoms with Crippen molar-refractivity contribution in [3.05, 3.63) is 53.2 Å². The van der Waals surface area contributed by atoms with E-state index in [4.69, 9.17) is 4.74 Å². The second kappa shape index (κ2) is 13.0. The number of ether oxygens (including phenoxy) is 1. The van der Waals surface area contributed by atoms with Gasteiger partial charge in [-0.2, -0.15) is 0 Å². The standard InChI is InChI=1S/C28H38N4O4/c1-5-8-11-18-30-24(26(33)31(28(30)35)17-10-7-3)19-23-20-29-25(12-9-6-2)32(23)22-15-13-21(14-16-22)27(34)36-4/h13-16,19-20H,5-12,17-18H2,1-4H3/b24-19-. The maximum Gasteiger partial charge on any atom is 0.337 e. The van der Waals surface area contributed by atoms with E-state index in [1.54, 1.807) is 29.3 Å². The lowest BCUT2D eigenvalue weighted by molar-refractivity contribution is -0.123. The van der Waals surface area contributed by atoms with Crippen molar-refractivity contribution in [1.82, 2.24) is 19.4 Å².